The van der Waals surface area contributed by atoms with Crippen molar-refractivity contribution in [1.29, 1.82) is 0 Å². The molecule has 1 unspecified atom stereocenters. The van der Waals surface area contributed by atoms with Crippen molar-refractivity contribution < 1.29 is 0 Å². The van der Waals surface area contributed by atoms with Crippen LogP contribution in [0.15, 0.2) is 36.7 Å². The Morgan fingerprint density at radius 2 is 1.95 bits per heavy atom. The smallest absolute Gasteiger partial charge is 0.138 e. The van der Waals surface area contributed by atoms with Crippen LogP contribution in [0.5, 0.6) is 0 Å². The number of nitrogens with zero attached hydrogens (tertiary/aromatic N) is 3. The quantitative estimate of drug-likeness (QED) is 0.866. The largest absolute Gasteiger partial charge is 0.321 e. The highest BCUT2D eigenvalue weighted by Crippen LogP contribution is 2.27. The number of rotatable bonds is 6. The van der Waals surface area contributed by atoms with E-state index in [1.54, 1.807) is 6.33 Å². The third kappa shape index (κ3) is 3.01. The van der Waals surface area contributed by atoms with Crippen LogP contribution in [-0.2, 0) is 18.5 Å². The predicted octanol–water partition coefficient (Wildman–Crippen LogP) is 2.49. The van der Waals surface area contributed by atoms with Crippen molar-refractivity contribution in [1.82, 2.24) is 14.8 Å². The van der Waals surface area contributed by atoms with Crippen molar-refractivity contribution in [2.45, 2.75) is 45.2 Å². The Balaban J connectivity index is 2.30. The number of benzene rings is 1. The van der Waals surface area contributed by atoms with Gasteiger partial charge in [0.15, 0.2) is 0 Å². The first-order chi connectivity index (χ1) is 9.19. The summed E-state index contributed by atoms with van der Waals surface area (Å²) in [7, 11) is 0. The summed E-state index contributed by atoms with van der Waals surface area (Å²) >= 11 is 0. The van der Waals surface area contributed by atoms with Gasteiger partial charge in [0.05, 0.1) is 0 Å². The average Bonchev–Trinajstić information content (AvgIpc) is 2.87. The monoisotopic (exact) mass is 258 g/mol. The zero-order valence-corrected chi connectivity index (χ0v) is 11.7. The number of hydrogen-bond donors (Lipinski definition) is 1. The lowest BCUT2D eigenvalue weighted by Gasteiger charge is -2.29. The molecule has 2 aromatic rings. The first kappa shape index (κ1) is 13.7. The molecule has 0 spiro atoms. The van der Waals surface area contributed by atoms with Crippen LogP contribution in [0.25, 0.3) is 0 Å². The third-order valence-corrected chi connectivity index (χ3v) is 3.51. The standard InChI is InChI=1S/C15H22N4/c1-3-10-15(16,13-8-6-5-7-9-13)11-14-17-12-18-19(14)4-2/h5-9,12H,3-4,10-11,16H2,1-2H3. The highest BCUT2D eigenvalue weighted by molar-refractivity contribution is 5.25. The van der Waals surface area contributed by atoms with E-state index in [9.17, 15) is 0 Å². The maximum absolute atomic E-state index is 6.66. The Kier molecular flexibility index (Phi) is 4.32. The van der Waals surface area contributed by atoms with E-state index in [4.69, 9.17) is 5.73 Å². The van der Waals surface area contributed by atoms with Crippen LogP contribution in [-0.4, -0.2) is 14.8 Å². The van der Waals surface area contributed by atoms with Gasteiger partial charge in [-0.15, -0.1) is 0 Å². The van der Waals surface area contributed by atoms with E-state index in [1.807, 2.05) is 22.9 Å². The van der Waals surface area contributed by atoms with Crippen molar-refractivity contribution in [3.63, 3.8) is 0 Å². The Morgan fingerprint density at radius 3 is 2.58 bits per heavy atom. The Hall–Kier alpha value is -1.68. The molecule has 4 heteroatoms. The van der Waals surface area contributed by atoms with Gasteiger partial charge in [-0.1, -0.05) is 43.7 Å². The maximum Gasteiger partial charge on any atom is 0.138 e. The molecule has 0 radical (unpaired) electrons. The molecule has 0 aliphatic heterocycles. The van der Waals surface area contributed by atoms with E-state index >= 15 is 0 Å². The van der Waals surface area contributed by atoms with E-state index in [1.165, 1.54) is 5.56 Å². The molecule has 102 valence electrons. The van der Waals surface area contributed by atoms with E-state index < -0.39 is 0 Å². The molecule has 0 amide bonds. The molecule has 2 N–H and O–H groups in total. The van der Waals surface area contributed by atoms with Gasteiger partial charge in [-0.25, -0.2) is 4.98 Å². The summed E-state index contributed by atoms with van der Waals surface area (Å²) in [6.07, 6.45) is 4.31. The second-order valence-electron chi connectivity index (χ2n) is 4.94. The second-order valence-corrected chi connectivity index (χ2v) is 4.94. The fraction of sp³-hybridized carbons (Fsp3) is 0.467. The first-order valence-electron chi connectivity index (χ1n) is 6.90. The molecule has 1 heterocycles. The molecule has 2 rings (SSSR count). The van der Waals surface area contributed by atoms with Gasteiger partial charge in [0.25, 0.3) is 0 Å². The van der Waals surface area contributed by atoms with Crippen LogP contribution >= 0.6 is 0 Å². The molecular formula is C15H22N4. The van der Waals surface area contributed by atoms with Crippen molar-refractivity contribution in [3.8, 4) is 0 Å². The zero-order chi connectivity index (χ0) is 13.7. The summed E-state index contributed by atoms with van der Waals surface area (Å²) in [6, 6.07) is 10.3. The summed E-state index contributed by atoms with van der Waals surface area (Å²) in [5.74, 6) is 0.960. The predicted molar refractivity (Wildman–Crippen MR) is 76.6 cm³/mol. The summed E-state index contributed by atoms with van der Waals surface area (Å²) in [5, 5.41) is 4.22. The average molecular weight is 258 g/mol. The molecule has 1 atom stereocenters. The molecular weight excluding hydrogens is 236 g/mol. The molecule has 19 heavy (non-hydrogen) atoms. The minimum Gasteiger partial charge on any atom is -0.321 e. The third-order valence-electron chi connectivity index (χ3n) is 3.51. The van der Waals surface area contributed by atoms with E-state index in [0.717, 1.165) is 31.6 Å². The van der Waals surface area contributed by atoms with Crippen LogP contribution in [0.3, 0.4) is 0 Å². The van der Waals surface area contributed by atoms with Crippen LogP contribution in [0, 0.1) is 0 Å². The SMILES string of the molecule is CCCC(N)(Cc1ncnn1CC)c1ccccc1. The van der Waals surface area contributed by atoms with Gasteiger partial charge in [0.2, 0.25) is 0 Å². The van der Waals surface area contributed by atoms with Gasteiger partial charge in [-0.2, -0.15) is 5.10 Å². The maximum atomic E-state index is 6.66. The zero-order valence-electron chi connectivity index (χ0n) is 11.7. The van der Waals surface area contributed by atoms with E-state index in [2.05, 4.69) is 36.1 Å². The summed E-state index contributed by atoms with van der Waals surface area (Å²) in [6.45, 7) is 5.06. The van der Waals surface area contributed by atoms with Crippen molar-refractivity contribution in [3.05, 3.63) is 48.0 Å². The van der Waals surface area contributed by atoms with Crippen LogP contribution < -0.4 is 5.73 Å². The normalized spacial score (nSPS) is 14.3. The Morgan fingerprint density at radius 1 is 1.21 bits per heavy atom. The lowest BCUT2D eigenvalue weighted by Crippen LogP contribution is -2.39. The molecule has 0 saturated carbocycles. The van der Waals surface area contributed by atoms with Gasteiger partial charge < -0.3 is 5.73 Å². The van der Waals surface area contributed by atoms with Gasteiger partial charge in [-0.3, -0.25) is 4.68 Å². The lowest BCUT2D eigenvalue weighted by atomic mass is 9.83. The summed E-state index contributed by atoms with van der Waals surface area (Å²) < 4.78 is 1.92. The highest BCUT2D eigenvalue weighted by atomic mass is 15.3. The van der Waals surface area contributed by atoms with Crippen LogP contribution in [0.1, 0.15) is 38.1 Å². The molecule has 1 aromatic carbocycles. The molecule has 4 nitrogen and oxygen atoms in total. The van der Waals surface area contributed by atoms with Crippen molar-refractivity contribution in [2.75, 3.05) is 0 Å². The van der Waals surface area contributed by atoms with Crippen molar-refractivity contribution in [2.24, 2.45) is 5.73 Å². The van der Waals surface area contributed by atoms with Gasteiger partial charge in [-0.05, 0) is 18.9 Å². The molecule has 1 aromatic heterocycles. The minimum atomic E-state index is -0.365. The van der Waals surface area contributed by atoms with Crippen LogP contribution in [0.2, 0.25) is 0 Å². The Labute approximate surface area is 114 Å². The van der Waals surface area contributed by atoms with Gasteiger partial charge in [0.1, 0.15) is 12.2 Å². The second kappa shape index (κ2) is 5.97. The molecule has 0 aliphatic rings. The molecule has 0 aliphatic carbocycles. The van der Waals surface area contributed by atoms with Gasteiger partial charge in [0, 0.05) is 18.5 Å². The fourth-order valence-electron chi connectivity index (χ4n) is 2.52. The topological polar surface area (TPSA) is 56.7 Å². The van der Waals surface area contributed by atoms with Crippen molar-refractivity contribution >= 4 is 0 Å². The van der Waals surface area contributed by atoms with E-state index in [0.29, 0.717) is 0 Å². The van der Waals surface area contributed by atoms with E-state index in [-0.39, 0.29) is 5.54 Å². The molecule has 0 fully saturated rings. The lowest BCUT2D eigenvalue weighted by molar-refractivity contribution is 0.382. The van der Waals surface area contributed by atoms with Gasteiger partial charge >= 0.3 is 0 Å². The number of aromatic nitrogens is 3. The molecule has 0 saturated heterocycles. The fourth-order valence-corrected chi connectivity index (χ4v) is 2.52. The summed E-state index contributed by atoms with van der Waals surface area (Å²) in [5.41, 5.74) is 7.47. The summed E-state index contributed by atoms with van der Waals surface area (Å²) in [4.78, 5) is 4.35. The number of hydrogen-bond acceptors (Lipinski definition) is 3. The highest BCUT2D eigenvalue weighted by Gasteiger charge is 2.28. The Bertz CT molecular complexity index is 506. The van der Waals surface area contributed by atoms with Crippen LogP contribution in [0.4, 0.5) is 0 Å². The molecule has 0 bridgehead atoms. The minimum absolute atomic E-state index is 0.365. The number of aryl methyl sites for hydroxylation is 1. The first-order valence-corrected chi connectivity index (χ1v) is 6.90. The number of nitrogens with two attached hydrogens (primary N) is 1.